The van der Waals surface area contributed by atoms with Gasteiger partial charge in [-0.05, 0) is 44.0 Å². The Bertz CT molecular complexity index is 410. The van der Waals surface area contributed by atoms with Crippen molar-refractivity contribution in [1.29, 1.82) is 0 Å². The van der Waals surface area contributed by atoms with Crippen molar-refractivity contribution in [1.82, 2.24) is 0 Å². The van der Waals surface area contributed by atoms with Crippen LogP contribution in [0.5, 0.6) is 0 Å². The van der Waals surface area contributed by atoms with Gasteiger partial charge in [0.1, 0.15) is 6.61 Å². The molecule has 1 saturated heterocycles. The molecule has 0 saturated carbocycles. The quantitative estimate of drug-likeness (QED) is 0.765. The molecular formula is C15H21NO3. The average Bonchev–Trinajstić information content (AvgIpc) is 2.97. The van der Waals surface area contributed by atoms with E-state index in [1.165, 1.54) is 0 Å². The molecule has 0 spiro atoms. The lowest BCUT2D eigenvalue weighted by atomic mass is 10.2. The lowest BCUT2D eigenvalue weighted by Gasteiger charge is -2.16. The van der Waals surface area contributed by atoms with Gasteiger partial charge in [-0.15, -0.1) is 0 Å². The van der Waals surface area contributed by atoms with Gasteiger partial charge in [-0.2, -0.15) is 0 Å². The van der Waals surface area contributed by atoms with Gasteiger partial charge in [-0.3, -0.25) is 0 Å². The maximum Gasteiger partial charge on any atom is 0.338 e. The summed E-state index contributed by atoms with van der Waals surface area (Å²) in [5.74, 6) is -0.277. The summed E-state index contributed by atoms with van der Waals surface area (Å²) in [7, 11) is 2.02. The van der Waals surface area contributed by atoms with Gasteiger partial charge in [0.05, 0.1) is 11.7 Å². The normalized spacial score (nSPS) is 18.3. The summed E-state index contributed by atoms with van der Waals surface area (Å²) in [4.78, 5) is 14.0. The highest BCUT2D eigenvalue weighted by Gasteiger charge is 2.18. The number of esters is 1. The van der Waals surface area contributed by atoms with E-state index in [1.807, 2.05) is 19.2 Å². The van der Waals surface area contributed by atoms with Crippen LogP contribution in [0.2, 0.25) is 0 Å². The van der Waals surface area contributed by atoms with Crippen molar-refractivity contribution in [3.8, 4) is 0 Å². The van der Waals surface area contributed by atoms with Gasteiger partial charge in [-0.1, -0.05) is 0 Å². The highest BCUT2D eigenvalue weighted by Crippen LogP contribution is 2.16. The molecule has 4 nitrogen and oxygen atoms in total. The zero-order valence-electron chi connectivity index (χ0n) is 11.6. The van der Waals surface area contributed by atoms with E-state index < -0.39 is 0 Å². The zero-order valence-corrected chi connectivity index (χ0v) is 11.6. The Labute approximate surface area is 114 Å². The third-order valence-corrected chi connectivity index (χ3v) is 3.44. The van der Waals surface area contributed by atoms with Gasteiger partial charge in [0.25, 0.3) is 0 Å². The van der Waals surface area contributed by atoms with Gasteiger partial charge < -0.3 is 14.4 Å². The third-order valence-electron chi connectivity index (χ3n) is 3.44. The molecule has 1 aromatic rings. The molecule has 1 aromatic carbocycles. The highest BCUT2D eigenvalue weighted by molar-refractivity contribution is 5.89. The lowest BCUT2D eigenvalue weighted by molar-refractivity contribution is 0.0161. The fourth-order valence-corrected chi connectivity index (χ4v) is 2.06. The minimum Gasteiger partial charge on any atom is -0.459 e. The van der Waals surface area contributed by atoms with Crippen LogP contribution in [0, 0.1) is 0 Å². The predicted molar refractivity (Wildman–Crippen MR) is 74.6 cm³/mol. The summed E-state index contributed by atoms with van der Waals surface area (Å²) in [5, 5.41) is 0. The maximum absolute atomic E-state index is 11.9. The number of hydrogen-bond donors (Lipinski definition) is 0. The molecule has 0 N–H and O–H groups in total. The number of carbonyl (C=O) groups excluding carboxylic acids is 1. The molecule has 1 atom stereocenters. The second kappa shape index (κ2) is 6.57. The monoisotopic (exact) mass is 263 g/mol. The minimum atomic E-state index is -0.277. The second-order valence-electron chi connectivity index (χ2n) is 4.79. The van der Waals surface area contributed by atoms with Gasteiger partial charge in [0, 0.05) is 25.9 Å². The van der Waals surface area contributed by atoms with Crippen LogP contribution in [0.3, 0.4) is 0 Å². The second-order valence-corrected chi connectivity index (χ2v) is 4.79. The molecule has 1 aliphatic heterocycles. The zero-order chi connectivity index (χ0) is 13.7. The van der Waals surface area contributed by atoms with Crippen LogP contribution in [-0.2, 0) is 9.47 Å². The van der Waals surface area contributed by atoms with Crippen molar-refractivity contribution in [2.45, 2.75) is 25.9 Å². The molecule has 0 bridgehead atoms. The predicted octanol–water partition coefficient (Wildman–Crippen LogP) is 2.48. The summed E-state index contributed by atoms with van der Waals surface area (Å²) in [6.45, 7) is 4.16. The van der Waals surface area contributed by atoms with Crippen LogP contribution in [0.25, 0.3) is 0 Å². The van der Waals surface area contributed by atoms with E-state index in [9.17, 15) is 4.79 Å². The average molecular weight is 263 g/mol. The van der Waals surface area contributed by atoms with Crippen LogP contribution in [0.15, 0.2) is 24.3 Å². The number of rotatable bonds is 5. The fraction of sp³-hybridized carbons (Fsp3) is 0.533. The summed E-state index contributed by atoms with van der Waals surface area (Å²) < 4.78 is 10.7. The molecule has 0 radical (unpaired) electrons. The Morgan fingerprint density at radius 3 is 2.74 bits per heavy atom. The van der Waals surface area contributed by atoms with Crippen LogP contribution in [0.1, 0.15) is 30.1 Å². The molecule has 1 unspecified atom stereocenters. The number of carbonyl (C=O) groups is 1. The third kappa shape index (κ3) is 3.70. The Morgan fingerprint density at radius 1 is 1.42 bits per heavy atom. The number of nitrogens with zero attached hydrogens (tertiary/aromatic N) is 1. The molecule has 4 heteroatoms. The van der Waals surface area contributed by atoms with E-state index in [0.29, 0.717) is 12.2 Å². The van der Waals surface area contributed by atoms with Crippen molar-refractivity contribution in [3.05, 3.63) is 29.8 Å². The topological polar surface area (TPSA) is 38.8 Å². The Kier molecular flexibility index (Phi) is 4.80. The molecule has 2 rings (SSSR count). The molecule has 104 valence electrons. The first-order chi connectivity index (χ1) is 9.20. The van der Waals surface area contributed by atoms with Gasteiger partial charge in [0.15, 0.2) is 0 Å². The maximum atomic E-state index is 11.9. The molecule has 0 amide bonds. The molecule has 1 aliphatic rings. The molecule has 0 aliphatic carbocycles. The minimum absolute atomic E-state index is 0.0782. The summed E-state index contributed by atoms with van der Waals surface area (Å²) in [6, 6.07) is 7.48. The fourth-order valence-electron chi connectivity index (χ4n) is 2.06. The number of hydrogen-bond acceptors (Lipinski definition) is 4. The van der Waals surface area contributed by atoms with Crippen LogP contribution in [0.4, 0.5) is 5.69 Å². The highest BCUT2D eigenvalue weighted by atomic mass is 16.6. The van der Waals surface area contributed by atoms with Crippen LogP contribution < -0.4 is 4.90 Å². The van der Waals surface area contributed by atoms with E-state index in [0.717, 1.165) is 31.7 Å². The van der Waals surface area contributed by atoms with E-state index in [4.69, 9.17) is 9.47 Å². The van der Waals surface area contributed by atoms with Crippen LogP contribution >= 0.6 is 0 Å². The van der Waals surface area contributed by atoms with E-state index in [-0.39, 0.29) is 12.1 Å². The standard InChI is InChI=1S/C15H21NO3/c1-3-16(2)13-8-6-12(7-9-13)15(17)19-11-14-5-4-10-18-14/h6-9,14H,3-5,10-11H2,1-2H3. The Hall–Kier alpha value is -1.55. The van der Waals surface area contributed by atoms with E-state index in [2.05, 4.69) is 11.8 Å². The van der Waals surface area contributed by atoms with Crippen LogP contribution in [-0.4, -0.2) is 38.9 Å². The van der Waals surface area contributed by atoms with Crippen molar-refractivity contribution >= 4 is 11.7 Å². The summed E-state index contributed by atoms with van der Waals surface area (Å²) in [6.07, 6.45) is 2.11. The molecule has 0 aromatic heterocycles. The van der Waals surface area contributed by atoms with E-state index >= 15 is 0 Å². The van der Waals surface area contributed by atoms with Gasteiger partial charge in [-0.25, -0.2) is 4.79 Å². The number of benzene rings is 1. The van der Waals surface area contributed by atoms with E-state index in [1.54, 1.807) is 12.1 Å². The lowest BCUT2D eigenvalue weighted by Crippen LogP contribution is -2.18. The molecule has 19 heavy (non-hydrogen) atoms. The smallest absolute Gasteiger partial charge is 0.338 e. The molecule has 1 heterocycles. The van der Waals surface area contributed by atoms with Gasteiger partial charge in [0.2, 0.25) is 0 Å². The Balaban J connectivity index is 1.88. The number of anilines is 1. The summed E-state index contributed by atoms with van der Waals surface area (Å²) >= 11 is 0. The van der Waals surface area contributed by atoms with Crippen molar-refractivity contribution < 1.29 is 14.3 Å². The summed E-state index contributed by atoms with van der Waals surface area (Å²) in [5.41, 5.74) is 1.68. The van der Waals surface area contributed by atoms with Crippen molar-refractivity contribution in [2.24, 2.45) is 0 Å². The molecular weight excluding hydrogens is 242 g/mol. The largest absolute Gasteiger partial charge is 0.459 e. The van der Waals surface area contributed by atoms with Gasteiger partial charge >= 0.3 is 5.97 Å². The first-order valence-electron chi connectivity index (χ1n) is 6.80. The van der Waals surface area contributed by atoms with Crippen molar-refractivity contribution in [3.63, 3.8) is 0 Å². The first-order valence-corrected chi connectivity index (χ1v) is 6.80. The Morgan fingerprint density at radius 2 is 2.16 bits per heavy atom. The van der Waals surface area contributed by atoms with Crippen molar-refractivity contribution in [2.75, 3.05) is 31.7 Å². The number of ether oxygens (including phenoxy) is 2. The molecule has 1 fully saturated rings. The first kappa shape index (κ1) is 13.9. The SMILES string of the molecule is CCN(C)c1ccc(C(=O)OCC2CCCO2)cc1.